The van der Waals surface area contributed by atoms with Gasteiger partial charge < -0.3 is 4.74 Å². The zero-order chi connectivity index (χ0) is 18.8. The lowest BCUT2D eigenvalue weighted by Gasteiger charge is -2.05. The van der Waals surface area contributed by atoms with Crippen LogP contribution in [0.1, 0.15) is 28.1 Å². The van der Waals surface area contributed by atoms with Crippen molar-refractivity contribution in [1.29, 1.82) is 0 Å². The van der Waals surface area contributed by atoms with Crippen LogP contribution in [0.25, 0.3) is 0 Å². The average Bonchev–Trinajstić information content (AvgIpc) is 3.26. The lowest BCUT2D eigenvalue weighted by molar-refractivity contribution is 0.316. The third-order valence-electron chi connectivity index (χ3n) is 4.75. The standard InChI is InChI=1S/C22H22ClN3O/c1-15-3-5-18(6-4-15)13-26-16(2)11-21(25-26)22-24-20(14-27-22)12-17-7-9-19(23)10-8-17/h3-11,20H,12-14H2,1-2H3. The quantitative estimate of drug-likeness (QED) is 0.650. The van der Waals surface area contributed by atoms with E-state index in [0.717, 1.165) is 29.4 Å². The Labute approximate surface area is 164 Å². The molecule has 1 aromatic heterocycles. The summed E-state index contributed by atoms with van der Waals surface area (Å²) in [5, 5.41) is 5.46. The second-order valence-corrected chi connectivity index (χ2v) is 7.48. The van der Waals surface area contributed by atoms with Gasteiger partial charge in [0.05, 0.1) is 12.6 Å². The van der Waals surface area contributed by atoms with E-state index in [4.69, 9.17) is 26.4 Å². The van der Waals surface area contributed by atoms with Gasteiger partial charge in [-0.05, 0) is 49.6 Å². The van der Waals surface area contributed by atoms with Crippen LogP contribution in [0, 0.1) is 13.8 Å². The molecule has 0 radical (unpaired) electrons. The summed E-state index contributed by atoms with van der Waals surface area (Å²) in [6.07, 6.45) is 0.837. The van der Waals surface area contributed by atoms with Crippen molar-refractivity contribution in [3.8, 4) is 0 Å². The van der Waals surface area contributed by atoms with Gasteiger partial charge in [0.2, 0.25) is 5.90 Å². The number of ether oxygens (including phenoxy) is 1. The highest BCUT2D eigenvalue weighted by atomic mass is 35.5. The van der Waals surface area contributed by atoms with E-state index in [0.29, 0.717) is 12.5 Å². The zero-order valence-electron chi connectivity index (χ0n) is 15.5. The molecular weight excluding hydrogens is 358 g/mol. The van der Waals surface area contributed by atoms with Crippen molar-refractivity contribution in [2.45, 2.75) is 32.9 Å². The zero-order valence-corrected chi connectivity index (χ0v) is 16.3. The highest BCUT2D eigenvalue weighted by molar-refractivity contribution is 6.30. The maximum absolute atomic E-state index is 5.95. The molecule has 0 N–H and O–H groups in total. The molecule has 4 rings (SSSR count). The van der Waals surface area contributed by atoms with Crippen LogP contribution >= 0.6 is 11.6 Å². The van der Waals surface area contributed by atoms with Gasteiger partial charge in [0, 0.05) is 10.7 Å². The average molecular weight is 380 g/mol. The Kier molecular flexibility index (Phi) is 4.99. The second kappa shape index (κ2) is 7.57. The van der Waals surface area contributed by atoms with Crippen molar-refractivity contribution < 1.29 is 4.74 Å². The molecule has 0 spiro atoms. The van der Waals surface area contributed by atoms with Crippen molar-refractivity contribution in [2.24, 2.45) is 4.99 Å². The van der Waals surface area contributed by atoms with Crippen LogP contribution in [0.4, 0.5) is 0 Å². The lowest BCUT2D eigenvalue weighted by atomic mass is 10.1. The summed E-state index contributed by atoms with van der Waals surface area (Å²) in [4.78, 5) is 4.73. The minimum Gasteiger partial charge on any atom is -0.474 e. The summed E-state index contributed by atoms with van der Waals surface area (Å²) in [6, 6.07) is 18.6. The fourth-order valence-corrected chi connectivity index (χ4v) is 3.32. The van der Waals surface area contributed by atoms with E-state index in [1.165, 1.54) is 16.7 Å². The first kappa shape index (κ1) is 17.8. The number of benzene rings is 2. The number of halogens is 1. The Balaban J connectivity index is 1.47. The number of hydrogen-bond acceptors (Lipinski definition) is 3. The topological polar surface area (TPSA) is 39.4 Å². The summed E-state index contributed by atoms with van der Waals surface area (Å²) >= 11 is 5.95. The largest absolute Gasteiger partial charge is 0.474 e. The van der Waals surface area contributed by atoms with Gasteiger partial charge in [0.1, 0.15) is 12.3 Å². The highest BCUT2D eigenvalue weighted by Crippen LogP contribution is 2.18. The third kappa shape index (κ3) is 4.22. The Bertz CT molecular complexity index is 958. The van der Waals surface area contributed by atoms with Crippen molar-refractivity contribution in [2.75, 3.05) is 6.61 Å². The van der Waals surface area contributed by atoms with Gasteiger partial charge in [0.15, 0.2) is 0 Å². The van der Waals surface area contributed by atoms with Gasteiger partial charge >= 0.3 is 0 Å². The molecule has 1 atom stereocenters. The van der Waals surface area contributed by atoms with E-state index in [9.17, 15) is 0 Å². The van der Waals surface area contributed by atoms with Crippen molar-refractivity contribution in [1.82, 2.24) is 9.78 Å². The van der Waals surface area contributed by atoms with Crippen LogP contribution in [-0.4, -0.2) is 28.3 Å². The fourth-order valence-electron chi connectivity index (χ4n) is 3.19. The number of nitrogens with zero attached hydrogens (tertiary/aromatic N) is 3. The molecule has 2 heterocycles. The summed E-state index contributed by atoms with van der Waals surface area (Å²) in [7, 11) is 0. The van der Waals surface area contributed by atoms with E-state index >= 15 is 0 Å². The fraction of sp³-hybridized carbons (Fsp3) is 0.273. The maximum atomic E-state index is 5.95. The van der Waals surface area contributed by atoms with Crippen LogP contribution in [0.2, 0.25) is 5.02 Å². The first-order chi connectivity index (χ1) is 13.1. The molecule has 2 aromatic carbocycles. The number of rotatable bonds is 5. The molecule has 0 amide bonds. The number of aromatic nitrogens is 2. The molecule has 138 valence electrons. The lowest BCUT2D eigenvalue weighted by Crippen LogP contribution is -2.09. The van der Waals surface area contributed by atoms with Gasteiger partial charge in [-0.25, -0.2) is 4.99 Å². The van der Waals surface area contributed by atoms with Crippen LogP contribution in [0.15, 0.2) is 59.6 Å². The van der Waals surface area contributed by atoms with Gasteiger partial charge in [-0.1, -0.05) is 53.6 Å². The monoisotopic (exact) mass is 379 g/mol. The molecule has 27 heavy (non-hydrogen) atoms. The molecule has 0 bridgehead atoms. The highest BCUT2D eigenvalue weighted by Gasteiger charge is 2.23. The summed E-state index contributed by atoms with van der Waals surface area (Å²) in [5.41, 5.74) is 5.60. The van der Waals surface area contributed by atoms with Crippen LogP contribution in [-0.2, 0) is 17.7 Å². The second-order valence-electron chi connectivity index (χ2n) is 7.04. The van der Waals surface area contributed by atoms with E-state index in [1.807, 2.05) is 35.0 Å². The van der Waals surface area contributed by atoms with Crippen molar-refractivity contribution in [3.63, 3.8) is 0 Å². The molecule has 5 heteroatoms. The predicted octanol–water partition coefficient (Wildman–Crippen LogP) is 4.59. The van der Waals surface area contributed by atoms with Crippen LogP contribution in [0.3, 0.4) is 0 Å². The first-order valence-electron chi connectivity index (χ1n) is 9.12. The molecule has 3 aromatic rings. The van der Waals surface area contributed by atoms with Gasteiger partial charge in [0.25, 0.3) is 0 Å². The van der Waals surface area contributed by atoms with Gasteiger partial charge in [-0.3, -0.25) is 4.68 Å². The first-order valence-corrected chi connectivity index (χ1v) is 9.50. The Morgan fingerprint density at radius 2 is 1.74 bits per heavy atom. The van der Waals surface area contributed by atoms with Crippen molar-refractivity contribution in [3.05, 3.63) is 87.7 Å². The molecule has 0 saturated heterocycles. The SMILES string of the molecule is Cc1ccc(Cn2nc(C3=NC(Cc4ccc(Cl)cc4)CO3)cc2C)cc1. The van der Waals surface area contributed by atoms with Crippen molar-refractivity contribution >= 4 is 17.5 Å². The Hall–Kier alpha value is -2.59. The van der Waals surface area contributed by atoms with Gasteiger partial charge in [-0.2, -0.15) is 5.10 Å². The molecule has 1 aliphatic rings. The molecule has 1 aliphatic heterocycles. The number of hydrogen-bond donors (Lipinski definition) is 0. The number of aliphatic imine (C=N–C) groups is 1. The Morgan fingerprint density at radius 1 is 1.04 bits per heavy atom. The van der Waals surface area contributed by atoms with Crippen LogP contribution in [0.5, 0.6) is 0 Å². The molecule has 1 unspecified atom stereocenters. The predicted molar refractivity (Wildman–Crippen MR) is 109 cm³/mol. The minimum atomic E-state index is 0.115. The van der Waals surface area contributed by atoms with E-state index < -0.39 is 0 Å². The number of aryl methyl sites for hydroxylation is 2. The molecular formula is C22H22ClN3O. The summed E-state index contributed by atoms with van der Waals surface area (Å²) in [6.45, 7) is 5.48. The summed E-state index contributed by atoms with van der Waals surface area (Å²) < 4.78 is 7.83. The maximum Gasteiger partial charge on any atom is 0.237 e. The minimum absolute atomic E-state index is 0.115. The molecule has 4 nitrogen and oxygen atoms in total. The summed E-state index contributed by atoms with van der Waals surface area (Å²) in [5.74, 6) is 0.639. The van der Waals surface area contributed by atoms with Crippen LogP contribution < -0.4 is 0 Å². The third-order valence-corrected chi connectivity index (χ3v) is 5.00. The molecule has 0 saturated carbocycles. The normalized spacial score (nSPS) is 16.3. The van der Waals surface area contributed by atoms with E-state index in [2.05, 4.69) is 38.1 Å². The van der Waals surface area contributed by atoms with Gasteiger partial charge in [-0.15, -0.1) is 0 Å². The van der Waals surface area contributed by atoms with E-state index in [-0.39, 0.29) is 6.04 Å². The smallest absolute Gasteiger partial charge is 0.237 e. The molecule has 0 aliphatic carbocycles. The Morgan fingerprint density at radius 3 is 2.48 bits per heavy atom. The van der Waals surface area contributed by atoms with E-state index in [1.54, 1.807) is 0 Å². The molecule has 0 fully saturated rings.